The molecule has 0 aliphatic rings. The Morgan fingerprint density at radius 3 is 2.14 bits per heavy atom. The van der Waals surface area contributed by atoms with Crippen molar-refractivity contribution in [2.45, 2.75) is 0 Å². The molecular formula is C8H12N2O3S. The van der Waals surface area contributed by atoms with E-state index in [-0.39, 0.29) is 5.75 Å². The third kappa shape index (κ3) is 2.61. The first kappa shape index (κ1) is 10.8. The number of rotatable bonds is 3. The van der Waals surface area contributed by atoms with Gasteiger partial charge in [-0.15, -0.1) is 0 Å². The zero-order valence-electron chi connectivity index (χ0n) is 7.93. The van der Waals surface area contributed by atoms with Gasteiger partial charge in [0.1, 0.15) is 5.75 Å². The van der Waals surface area contributed by atoms with Crippen molar-refractivity contribution in [1.29, 1.82) is 0 Å². The van der Waals surface area contributed by atoms with Gasteiger partial charge in [-0.3, -0.25) is 4.72 Å². The van der Waals surface area contributed by atoms with Gasteiger partial charge in [-0.2, -0.15) is 12.7 Å². The molecule has 1 rings (SSSR count). The van der Waals surface area contributed by atoms with Crippen LogP contribution in [0.5, 0.6) is 5.75 Å². The predicted octanol–water partition coefficient (Wildman–Crippen LogP) is 0.610. The number of hydrogen-bond donors (Lipinski definition) is 2. The fourth-order valence-electron chi connectivity index (χ4n) is 0.770. The lowest BCUT2D eigenvalue weighted by atomic mass is 10.3. The van der Waals surface area contributed by atoms with Crippen molar-refractivity contribution in [2.75, 3.05) is 18.8 Å². The molecule has 0 unspecified atom stereocenters. The molecule has 0 aliphatic carbocycles. The highest BCUT2D eigenvalue weighted by atomic mass is 32.2. The molecular weight excluding hydrogens is 204 g/mol. The maximum atomic E-state index is 11.3. The predicted molar refractivity (Wildman–Crippen MR) is 54.3 cm³/mol. The molecule has 6 heteroatoms. The number of hydrogen-bond acceptors (Lipinski definition) is 3. The Morgan fingerprint density at radius 1 is 1.21 bits per heavy atom. The van der Waals surface area contributed by atoms with Crippen LogP contribution in [-0.2, 0) is 10.2 Å². The first-order valence-corrected chi connectivity index (χ1v) is 5.35. The number of nitrogens with zero attached hydrogens (tertiary/aromatic N) is 1. The molecule has 5 nitrogen and oxygen atoms in total. The topological polar surface area (TPSA) is 69.6 Å². The first-order chi connectivity index (χ1) is 6.42. The Balaban J connectivity index is 2.85. The largest absolute Gasteiger partial charge is 0.508 e. The summed E-state index contributed by atoms with van der Waals surface area (Å²) in [6.07, 6.45) is 0. The van der Waals surface area contributed by atoms with Crippen LogP contribution in [0, 0.1) is 0 Å². The molecule has 78 valence electrons. The van der Waals surface area contributed by atoms with Crippen LogP contribution < -0.4 is 4.72 Å². The molecule has 1 aromatic rings. The number of phenolic OH excluding ortho intramolecular Hbond substituents is 1. The van der Waals surface area contributed by atoms with E-state index in [0.717, 1.165) is 4.31 Å². The standard InChI is InChI=1S/C8H12N2O3S/c1-10(2)14(12,13)9-7-3-5-8(11)6-4-7/h3-6,9,11H,1-2H3. The van der Waals surface area contributed by atoms with Gasteiger partial charge in [0, 0.05) is 14.1 Å². The van der Waals surface area contributed by atoms with E-state index in [4.69, 9.17) is 5.11 Å². The second-order valence-electron chi connectivity index (χ2n) is 2.94. The van der Waals surface area contributed by atoms with E-state index < -0.39 is 10.2 Å². The average Bonchev–Trinajstić information content (AvgIpc) is 2.08. The summed E-state index contributed by atoms with van der Waals surface area (Å²) >= 11 is 0. The lowest BCUT2D eigenvalue weighted by Crippen LogP contribution is -2.28. The zero-order chi connectivity index (χ0) is 10.8. The maximum absolute atomic E-state index is 11.3. The van der Waals surface area contributed by atoms with E-state index in [9.17, 15) is 8.42 Å². The van der Waals surface area contributed by atoms with Crippen molar-refractivity contribution < 1.29 is 13.5 Å². The van der Waals surface area contributed by atoms with Gasteiger partial charge in [-0.05, 0) is 24.3 Å². The third-order valence-electron chi connectivity index (χ3n) is 1.59. The van der Waals surface area contributed by atoms with Crippen LogP contribution in [0.4, 0.5) is 5.69 Å². The summed E-state index contributed by atoms with van der Waals surface area (Å²) in [4.78, 5) is 0. The monoisotopic (exact) mass is 216 g/mol. The van der Waals surface area contributed by atoms with Crippen molar-refractivity contribution in [1.82, 2.24) is 4.31 Å². The molecule has 2 N–H and O–H groups in total. The smallest absolute Gasteiger partial charge is 0.301 e. The van der Waals surface area contributed by atoms with Crippen molar-refractivity contribution in [2.24, 2.45) is 0 Å². The summed E-state index contributed by atoms with van der Waals surface area (Å²) in [5.74, 6) is 0.0952. The highest BCUT2D eigenvalue weighted by Crippen LogP contribution is 2.15. The minimum atomic E-state index is -3.46. The Kier molecular flexibility index (Phi) is 2.97. The van der Waals surface area contributed by atoms with E-state index in [0.29, 0.717) is 5.69 Å². The highest BCUT2D eigenvalue weighted by molar-refractivity contribution is 7.90. The Hall–Kier alpha value is -1.27. The molecule has 0 saturated heterocycles. The molecule has 0 saturated carbocycles. The number of benzene rings is 1. The molecule has 0 amide bonds. The summed E-state index contributed by atoms with van der Waals surface area (Å²) in [5, 5.41) is 8.98. The molecule has 0 aliphatic heterocycles. The summed E-state index contributed by atoms with van der Waals surface area (Å²) in [7, 11) is -0.596. The van der Waals surface area contributed by atoms with Crippen molar-refractivity contribution in [3.8, 4) is 5.75 Å². The average molecular weight is 216 g/mol. The molecule has 0 fully saturated rings. The number of aromatic hydroxyl groups is 1. The Labute approximate surface area is 83.2 Å². The molecule has 1 aromatic carbocycles. The van der Waals surface area contributed by atoms with E-state index in [2.05, 4.69) is 4.72 Å². The molecule has 14 heavy (non-hydrogen) atoms. The lowest BCUT2D eigenvalue weighted by molar-refractivity contribution is 0.475. The van der Waals surface area contributed by atoms with E-state index in [1.54, 1.807) is 0 Å². The highest BCUT2D eigenvalue weighted by Gasteiger charge is 2.12. The molecule has 0 atom stereocenters. The van der Waals surface area contributed by atoms with Gasteiger partial charge < -0.3 is 5.11 Å². The van der Waals surface area contributed by atoms with Crippen molar-refractivity contribution in [3.63, 3.8) is 0 Å². The first-order valence-electron chi connectivity index (χ1n) is 3.91. The Morgan fingerprint density at radius 2 is 1.71 bits per heavy atom. The molecule has 0 radical (unpaired) electrons. The number of phenols is 1. The second kappa shape index (κ2) is 3.85. The van der Waals surface area contributed by atoms with Gasteiger partial charge >= 0.3 is 10.2 Å². The van der Waals surface area contributed by atoms with E-state index in [1.165, 1.54) is 38.4 Å². The number of anilines is 1. The minimum Gasteiger partial charge on any atom is -0.508 e. The quantitative estimate of drug-likeness (QED) is 0.727. The minimum absolute atomic E-state index is 0.0952. The van der Waals surface area contributed by atoms with Crippen molar-refractivity contribution >= 4 is 15.9 Å². The zero-order valence-corrected chi connectivity index (χ0v) is 8.75. The number of nitrogens with one attached hydrogen (secondary N) is 1. The molecule has 0 spiro atoms. The van der Waals surface area contributed by atoms with Crippen LogP contribution in [0.2, 0.25) is 0 Å². The third-order valence-corrected chi connectivity index (χ3v) is 3.05. The SMILES string of the molecule is CN(C)S(=O)(=O)Nc1ccc(O)cc1. The lowest BCUT2D eigenvalue weighted by Gasteiger charge is -2.12. The summed E-state index contributed by atoms with van der Waals surface area (Å²) in [5.41, 5.74) is 0.413. The second-order valence-corrected chi connectivity index (χ2v) is 4.82. The van der Waals surface area contributed by atoms with Gasteiger partial charge in [0.25, 0.3) is 0 Å². The van der Waals surface area contributed by atoms with Crippen molar-refractivity contribution in [3.05, 3.63) is 24.3 Å². The maximum Gasteiger partial charge on any atom is 0.301 e. The van der Waals surface area contributed by atoms with Crippen LogP contribution in [0.3, 0.4) is 0 Å². The normalized spacial score (nSPS) is 11.6. The Bertz CT molecular complexity index is 397. The van der Waals surface area contributed by atoms with Crippen LogP contribution in [-0.4, -0.2) is 31.9 Å². The molecule has 0 heterocycles. The van der Waals surface area contributed by atoms with Crippen LogP contribution >= 0.6 is 0 Å². The van der Waals surface area contributed by atoms with Crippen LogP contribution in [0.15, 0.2) is 24.3 Å². The molecule has 0 aromatic heterocycles. The fourth-order valence-corrected chi connectivity index (χ4v) is 1.39. The summed E-state index contributed by atoms with van der Waals surface area (Å²) < 4.78 is 26.1. The van der Waals surface area contributed by atoms with Crippen LogP contribution in [0.25, 0.3) is 0 Å². The summed E-state index contributed by atoms with van der Waals surface area (Å²) in [6.45, 7) is 0. The van der Waals surface area contributed by atoms with E-state index in [1.807, 2.05) is 0 Å². The van der Waals surface area contributed by atoms with Gasteiger partial charge in [-0.25, -0.2) is 0 Å². The van der Waals surface area contributed by atoms with Gasteiger partial charge in [-0.1, -0.05) is 0 Å². The van der Waals surface area contributed by atoms with Gasteiger partial charge in [0.15, 0.2) is 0 Å². The molecule has 0 bridgehead atoms. The van der Waals surface area contributed by atoms with Gasteiger partial charge in [0.05, 0.1) is 5.69 Å². The van der Waals surface area contributed by atoms with Crippen LogP contribution in [0.1, 0.15) is 0 Å². The summed E-state index contributed by atoms with van der Waals surface area (Å²) in [6, 6.07) is 5.79. The van der Waals surface area contributed by atoms with E-state index >= 15 is 0 Å². The fraction of sp³-hybridized carbons (Fsp3) is 0.250. The van der Waals surface area contributed by atoms with Gasteiger partial charge in [0.2, 0.25) is 0 Å².